The second-order valence-electron chi connectivity index (χ2n) is 7.02. The summed E-state index contributed by atoms with van der Waals surface area (Å²) in [5.41, 5.74) is 2.29. The van der Waals surface area contributed by atoms with Crippen molar-refractivity contribution in [3.63, 3.8) is 0 Å². The molecule has 0 bridgehead atoms. The molecular formula is C21H22N2O3. The van der Waals surface area contributed by atoms with Crippen molar-refractivity contribution in [3.05, 3.63) is 70.8 Å². The first-order valence-corrected chi connectivity index (χ1v) is 8.68. The van der Waals surface area contributed by atoms with Crippen molar-refractivity contribution in [2.75, 3.05) is 13.6 Å². The van der Waals surface area contributed by atoms with Gasteiger partial charge in [-0.3, -0.25) is 19.3 Å². The van der Waals surface area contributed by atoms with Crippen LogP contribution in [0.1, 0.15) is 50.5 Å². The molecule has 0 aromatic heterocycles. The molecule has 3 amide bonds. The van der Waals surface area contributed by atoms with Crippen molar-refractivity contribution >= 4 is 17.7 Å². The number of nitrogens with zero attached hydrogens (tertiary/aromatic N) is 2. The SMILES string of the molecule is CC(C)CN(C)C(=O)c1ccc(CN2C(=O)c3ccccc3C2=O)cc1. The Morgan fingerprint density at radius 2 is 1.50 bits per heavy atom. The van der Waals surface area contributed by atoms with Crippen LogP contribution in [0.25, 0.3) is 0 Å². The van der Waals surface area contributed by atoms with Crippen molar-refractivity contribution in [1.82, 2.24) is 9.80 Å². The normalized spacial score (nSPS) is 13.3. The Balaban J connectivity index is 1.72. The maximum Gasteiger partial charge on any atom is 0.261 e. The fourth-order valence-corrected chi connectivity index (χ4v) is 3.17. The summed E-state index contributed by atoms with van der Waals surface area (Å²) in [5.74, 6) is -0.187. The molecule has 26 heavy (non-hydrogen) atoms. The Labute approximate surface area is 153 Å². The van der Waals surface area contributed by atoms with E-state index in [2.05, 4.69) is 13.8 Å². The monoisotopic (exact) mass is 350 g/mol. The maximum absolute atomic E-state index is 12.4. The fraction of sp³-hybridized carbons (Fsp3) is 0.286. The van der Waals surface area contributed by atoms with Gasteiger partial charge in [-0.25, -0.2) is 0 Å². The van der Waals surface area contributed by atoms with Crippen molar-refractivity contribution in [2.24, 2.45) is 5.92 Å². The van der Waals surface area contributed by atoms with Crippen LogP contribution >= 0.6 is 0 Å². The summed E-state index contributed by atoms with van der Waals surface area (Å²) in [6.45, 7) is 5.02. The van der Waals surface area contributed by atoms with Gasteiger partial charge in [-0.1, -0.05) is 38.1 Å². The third kappa shape index (κ3) is 3.38. The number of rotatable bonds is 5. The van der Waals surface area contributed by atoms with E-state index in [1.807, 2.05) is 0 Å². The van der Waals surface area contributed by atoms with Crippen LogP contribution < -0.4 is 0 Å². The Morgan fingerprint density at radius 3 is 2.00 bits per heavy atom. The molecule has 0 spiro atoms. The Morgan fingerprint density at radius 1 is 0.962 bits per heavy atom. The lowest BCUT2D eigenvalue weighted by Gasteiger charge is -2.19. The number of imide groups is 1. The van der Waals surface area contributed by atoms with Crippen LogP contribution in [-0.2, 0) is 6.54 Å². The lowest BCUT2D eigenvalue weighted by Crippen LogP contribution is -2.30. The highest BCUT2D eigenvalue weighted by atomic mass is 16.2. The Hall–Kier alpha value is -2.95. The van der Waals surface area contributed by atoms with Gasteiger partial charge in [-0.15, -0.1) is 0 Å². The zero-order valence-electron chi connectivity index (χ0n) is 15.2. The summed E-state index contributed by atoms with van der Waals surface area (Å²) in [7, 11) is 1.79. The summed E-state index contributed by atoms with van der Waals surface area (Å²) in [4.78, 5) is 40.2. The van der Waals surface area contributed by atoms with Crippen molar-refractivity contribution in [3.8, 4) is 0 Å². The molecule has 5 nitrogen and oxygen atoms in total. The molecule has 1 aliphatic rings. The predicted octanol–water partition coefficient (Wildman–Crippen LogP) is 3.21. The van der Waals surface area contributed by atoms with Crippen molar-refractivity contribution in [1.29, 1.82) is 0 Å². The van der Waals surface area contributed by atoms with Crippen LogP contribution in [0.4, 0.5) is 0 Å². The molecule has 1 heterocycles. The highest BCUT2D eigenvalue weighted by molar-refractivity contribution is 6.21. The van der Waals surface area contributed by atoms with Gasteiger partial charge in [0, 0.05) is 19.2 Å². The van der Waals surface area contributed by atoms with Gasteiger partial charge in [-0.2, -0.15) is 0 Å². The van der Waals surface area contributed by atoms with E-state index in [4.69, 9.17) is 0 Å². The van der Waals surface area contributed by atoms with Crippen LogP contribution in [0.15, 0.2) is 48.5 Å². The minimum atomic E-state index is -0.276. The van der Waals surface area contributed by atoms with E-state index in [0.29, 0.717) is 29.2 Å². The Bertz CT molecular complexity index is 821. The molecule has 3 rings (SSSR count). The second kappa shape index (κ2) is 7.12. The van der Waals surface area contributed by atoms with Crippen molar-refractivity contribution < 1.29 is 14.4 Å². The maximum atomic E-state index is 12.4. The minimum absolute atomic E-state index is 0.0361. The highest BCUT2D eigenvalue weighted by Crippen LogP contribution is 2.24. The summed E-state index contributed by atoms with van der Waals surface area (Å²) in [5, 5.41) is 0. The van der Waals surface area contributed by atoms with E-state index in [0.717, 1.165) is 5.56 Å². The topological polar surface area (TPSA) is 57.7 Å². The summed E-state index contributed by atoms with van der Waals surface area (Å²) >= 11 is 0. The largest absolute Gasteiger partial charge is 0.341 e. The molecule has 0 saturated heterocycles. The van der Waals surface area contributed by atoms with Gasteiger partial charge in [0.25, 0.3) is 17.7 Å². The number of hydrogen-bond donors (Lipinski definition) is 0. The molecule has 5 heteroatoms. The molecular weight excluding hydrogens is 328 g/mol. The third-order valence-corrected chi connectivity index (χ3v) is 4.41. The van der Waals surface area contributed by atoms with Crippen molar-refractivity contribution in [2.45, 2.75) is 20.4 Å². The molecule has 1 aliphatic heterocycles. The van der Waals surface area contributed by atoms with E-state index in [-0.39, 0.29) is 24.3 Å². The van der Waals surface area contributed by atoms with Gasteiger partial charge in [0.2, 0.25) is 0 Å². The fourth-order valence-electron chi connectivity index (χ4n) is 3.17. The van der Waals surface area contributed by atoms with Gasteiger partial charge >= 0.3 is 0 Å². The molecule has 0 N–H and O–H groups in total. The number of carbonyl (C=O) groups is 3. The van der Waals surface area contributed by atoms with E-state index in [9.17, 15) is 14.4 Å². The average molecular weight is 350 g/mol. The standard InChI is InChI=1S/C21H22N2O3/c1-14(2)12-22(3)19(24)16-10-8-15(9-11-16)13-23-20(25)17-6-4-5-7-18(17)21(23)26/h4-11,14H,12-13H2,1-3H3. The first kappa shape index (κ1) is 17.9. The van der Waals surface area contributed by atoms with Crippen LogP contribution in [0.5, 0.6) is 0 Å². The second-order valence-corrected chi connectivity index (χ2v) is 7.02. The van der Waals surface area contributed by atoms with E-state index >= 15 is 0 Å². The number of benzene rings is 2. The molecule has 0 atom stereocenters. The highest BCUT2D eigenvalue weighted by Gasteiger charge is 2.34. The average Bonchev–Trinajstić information content (AvgIpc) is 2.86. The van der Waals surface area contributed by atoms with Crippen LogP contribution in [0.3, 0.4) is 0 Å². The van der Waals surface area contributed by atoms with E-state index in [1.54, 1.807) is 60.5 Å². The lowest BCUT2D eigenvalue weighted by atomic mass is 10.1. The number of hydrogen-bond acceptors (Lipinski definition) is 3. The summed E-state index contributed by atoms with van der Waals surface area (Å²) in [6.07, 6.45) is 0. The van der Waals surface area contributed by atoms with Crippen LogP contribution in [0, 0.1) is 5.92 Å². The molecule has 0 unspecified atom stereocenters. The van der Waals surface area contributed by atoms with Crippen LogP contribution in [0.2, 0.25) is 0 Å². The minimum Gasteiger partial charge on any atom is -0.341 e. The van der Waals surface area contributed by atoms with Gasteiger partial charge in [0.05, 0.1) is 17.7 Å². The molecule has 0 aliphatic carbocycles. The first-order valence-electron chi connectivity index (χ1n) is 8.68. The molecule has 0 radical (unpaired) electrons. The van der Waals surface area contributed by atoms with E-state index < -0.39 is 0 Å². The Kier molecular flexibility index (Phi) is 4.89. The zero-order valence-corrected chi connectivity index (χ0v) is 15.2. The van der Waals surface area contributed by atoms with Gasteiger partial charge < -0.3 is 4.90 Å². The molecule has 0 saturated carbocycles. The van der Waals surface area contributed by atoms with Gasteiger partial charge in [0.1, 0.15) is 0 Å². The number of fused-ring (bicyclic) bond motifs is 1. The van der Waals surface area contributed by atoms with Crippen LogP contribution in [-0.4, -0.2) is 41.1 Å². The predicted molar refractivity (Wildman–Crippen MR) is 98.9 cm³/mol. The third-order valence-electron chi connectivity index (χ3n) is 4.41. The lowest BCUT2D eigenvalue weighted by molar-refractivity contribution is 0.0641. The molecule has 2 aromatic rings. The summed E-state index contributed by atoms with van der Waals surface area (Å²) < 4.78 is 0. The number of carbonyl (C=O) groups excluding carboxylic acids is 3. The van der Waals surface area contributed by atoms with E-state index in [1.165, 1.54) is 4.90 Å². The zero-order chi connectivity index (χ0) is 18.8. The smallest absolute Gasteiger partial charge is 0.261 e. The van der Waals surface area contributed by atoms with Gasteiger partial charge in [-0.05, 0) is 35.7 Å². The molecule has 2 aromatic carbocycles. The number of amides is 3. The molecule has 0 fully saturated rings. The van der Waals surface area contributed by atoms with Gasteiger partial charge in [0.15, 0.2) is 0 Å². The summed E-state index contributed by atoms with van der Waals surface area (Å²) in [6, 6.07) is 13.9. The quantitative estimate of drug-likeness (QED) is 0.778. The first-order chi connectivity index (χ1) is 12.4. The molecule has 134 valence electrons.